The largest absolute Gasteiger partial charge is 0.462 e. The first kappa shape index (κ1) is 38.3. The molecule has 2 amide bonds. The molecule has 0 bridgehead atoms. The molecule has 10 nitrogen and oxygen atoms in total. The van der Waals surface area contributed by atoms with Crippen LogP contribution in [0, 0.1) is 36.5 Å². The smallest absolute Gasteiger partial charge is 0.328 e. The molecule has 1 aromatic carbocycles. The molecular formula is C36H54N2O8S. The number of ether oxygens (including phenoxy) is 2. The van der Waals surface area contributed by atoms with E-state index in [1.807, 2.05) is 32.4 Å². The predicted octanol–water partition coefficient (Wildman–Crippen LogP) is 5.98. The molecule has 47 heavy (non-hydrogen) atoms. The second-order valence-corrected chi connectivity index (χ2v) is 15.1. The summed E-state index contributed by atoms with van der Waals surface area (Å²) in [5.74, 6) is 0.755. The lowest BCUT2D eigenvalue weighted by molar-refractivity contribution is -0.162. The standard InChI is InChI=1S/C24H36O5.C12H18N2O3S/c1-5-15(3)24(27)29-21-11-14(2)10-17-7-6-16(4)20(23(17)21)9-8-19-12-18(25)13-22(26)28-19;1-3-4-9-13-12(15)14-18(16,17)11-7-5-10(2)6-8-11/h6-7,10,14-16,18-21,23,25H,5,8-9,11-13H2,1-4H3;5-8H,3-4,9H2,1-2H3,(H2,13,14,15)/t14-,15-,16-,18+,19+,20-,21-,23-;/m0./s1. The van der Waals surface area contributed by atoms with Crippen molar-refractivity contribution in [2.75, 3.05) is 6.54 Å². The number of amides is 2. The minimum Gasteiger partial charge on any atom is -0.462 e. The van der Waals surface area contributed by atoms with Crippen molar-refractivity contribution in [1.82, 2.24) is 10.0 Å². The fourth-order valence-corrected chi connectivity index (χ4v) is 7.31. The molecule has 0 unspecified atom stereocenters. The number of urea groups is 1. The van der Waals surface area contributed by atoms with Crippen LogP contribution in [0.25, 0.3) is 0 Å². The second kappa shape index (κ2) is 17.8. The Morgan fingerprint density at radius 3 is 2.45 bits per heavy atom. The number of carbonyl (C=O) groups is 3. The molecule has 1 saturated heterocycles. The summed E-state index contributed by atoms with van der Waals surface area (Å²) in [6.45, 7) is 12.6. The quantitative estimate of drug-likeness (QED) is 0.192. The molecule has 1 aromatic rings. The lowest BCUT2D eigenvalue weighted by Crippen LogP contribution is -2.42. The summed E-state index contributed by atoms with van der Waals surface area (Å²) >= 11 is 0. The van der Waals surface area contributed by atoms with Gasteiger partial charge in [-0.05, 0) is 74.5 Å². The van der Waals surface area contributed by atoms with Gasteiger partial charge in [-0.1, -0.05) is 77.0 Å². The molecule has 0 saturated carbocycles. The molecule has 11 heteroatoms. The molecule has 1 fully saturated rings. The van der Waals surface area contributed by atoms with Gasteiger partial charge in [0.25, 0.3) is 10.0 Å². The molecule has 262 valence electrons. The van der Waals surface area contributed by atoms with Crippen LogP contribution in [0.4, 0.5) is 4.79 Å². The Kier molecular flexibility index (Phi) is 14.5. The lowest BCUT2D eigenvalue weighted by atomic mass is 9.65. The SMILES string of the molecule is CCCCNC(=O)NS(=O)(=O)c1ccc(C)cc1.CC[C@H](C)C(=O)O[C@H]1C[C@@H](C)C=C2C=C[C@H](C)[C@H](CC[C@@H]3C[C@@H](O)CC(=O)O3)[C@H]21. The van der Waals surface area contributed by atoms with Crippen LogP contribution >= 0.6 is 0 Å². The number of aliphatic hydroxyl groups excluding tert-OH is 1. The van der Waals surface area contributed by atoms with E-state index in [0.717, 1.165) is 44.1 Å². The van der Waals surface area contributed by atoms with Crippen LogP contribution in [0.2, 0.25) is 0 Å². The average Bonchev–Trinajstić information content (AvgIpc) is 3.00. The maximum Gasteiger partial charge on any atom is 0.328 e. The maximum absolute atomic E-state index is 12.5. The summed E-state index contributed by atoms with van der Waals surface area (Å²) in [6.07, 6.45) is 11.5. The van der Waals surface area contributed by atoms with Gasteiger partial charge in [0.15, 0.2) is 0 Å². The number of aryl methyl sites for hydroxylation is 1. The number of hydrogen-bond donors (Lipinski definition) is 3. The third kappa shape index (κ3) is 11.5. The van der Waals surface area contributed by atoms with Crippen molar-refractivity contribution >= 4 is 28.0 Å². The van der Waals surface area contributed by atoms with E-state index in [2.05, 4.69) is 37.4 Å². The first-order valence-electron chi connectivity index (χ1n) is 17.1. The molecule has 0 radical (unpaired) electrons. The number of fused-ring (bicyclic) bond motifs is 1. The van der Waals surface area contributed by atoms with E-state index in [4.69, 9.17) is 9.47 Å². The van der Waals surface area contributed by atoms with Crippen molar-refractivity contribution in [2.45, 2.75) is 116 Å². The molecule has 2 aliphatic carbocycles. The number of aliphatic hydroxyl groups is 1. The van der Waals surface area contributed by atoms with Gasteiger partial charge in [-0.3, -0.25) is 9.59 Å². The average molecular weight is 675 g/mol. The van der Waals surface area contributed by atoms with Crippen molar-refractivity contribution in [3.8, 4) is 0 Å². The van der Waals surface area contributed by atoms with E-state index in [1.54, 1.807) is 12.1 Å². The summed E-state index contributed by atoms with van der Waals surface area (Å²) in [5, 5.41) is 12.4. The number of cyclic esters (lactones) is 1. The molecule has 8 atom stereocenters. The summed E-state index contributed by atoms with van der Waals surface area (Å²) in [7, 11) is -3.78. The minimum atomic E-state index is -3.78. The molecule has 0 aromatic heterocycles. The fraction of sp³-hybridized carbons (Fsp3) is 0.639. The third-order valence-electron chi connectivity index (χ3n) is 9.31. The molecule has 1 heterocycles. The maximum atomic E-state index is 12.5. The van der Waals surface area contributed by atoms with E-state index >= 15 is 0 Å². The molecule has 4 rings (SSSR count). The van der Waals surface area contributed by atoms with E-state index in [-0.39, 0.29) is 47.3 Å². The molecule has 3 aliphatic rings. The zero-order valence-electron chi connectivity index (χ0n) is 28.7. The number of allylic oxidation sites excluding steroid dienone is 3. The number of rotatable bonds is 11. The van der Waals surface area contributed by atoms with Crippen molar-refractivity contribution < 1.29 is 37.4 Å². The number of esters is 2. The summed E-state index contributed by atoms with van der Waals surface area (Å²) in [4.78, 5) is 35.7. The van der Waals surface area contributed by atoms with Gasteiger partial charge in [-0.2, -0.15) is 0 Å². The van der Waals surface area contributed by atoms with Gasteiger partial charge in [0.2, 0.25) is 0 Å². The Hall–Kier alpha value is -3.18. The monoisotopic (exact) mass is 674 g/mol. The van der Waals surface area contributed by atoms with E-state index < -0.39 is 22.2 Å². The topological polar surface area (TPSA) is 148 Å². The normalized spacial score (nSPS) is 27.6. The first-order chi connectivity index (χ1) is 22.2. The Morgan fingerprint density at radius 2 is 1.81 bits per heavy atom. The fourth-order valence-electron chi connectivity index (χ4n) is 6.38. The van der Waals surface area contributed by atoms with Gasteiger partial charge < -0.3 is 19.9 Å². The summed E-state index contributed by atoms with van der Waals surface area (Å²) in [6, 6.07) is 5.62. The van der Waals surface area contributed by atoms with Crippen LogP contribution in [0.5, 0.6) is 0 Å². The predicted molar refractivity (Wildman–Crippen MR) is 181 cm³/mol. The Bertz CT molecular complexity index is 1370. The Morgan fingerprint density at radius 1 is 1.11 bits per heavy atom. The van der Waals surface area contributed by atoms with E-state index in [9.17, 15) is 27.9 Å². The summed E-state index contributed by atoms with van der Waals surface area (Å²) < 4.78 is 37.1. The van der Waals surface area contributed by atoms with Crippen LogP contribution in [0.1, 0.15) is 91.5 Å². The number of carbonyl (C=O) groups excluding carboxylic acids is 3. The van der Waals surface area contributed by atoms with Crippen molar-refractivity contribution in [3.05, 3.63) is 53.6 Å². The lowest BCUT2D eigenvalue weighted by Gasteiger charge is -2.43. The third-order valence-corrected chi connectivity index (χ3v) is 10.7. The van der Waals surface area contributed by atoms with Crippen LogP contribution in [0.3, 0.4) is 0 Å². The number of benzene rings is 1. The van der Waals surface area contributed by atoms with Gasteiger partial charge in [0, 0.05) is 18.9 Å². The molecule has 0 spiro atoms. The zero-order valence-corrected chi connectivity index (χ0v) is 29.6. The van der Waals surface area contributed by atoms with Gasteiger partial charge in [0.1, 0.15) is 12.2 Å². The number of unbranched alkanes of at least 4 members (excludes halogenated alkanes) is 1. The number of hydrogen-bond acceptors (Lipinski definition) is 8. The first-order valence-corrected chi connectivity index (χ1v) is 18.6. The number of nitrogens with one attached hydrogen (secondary N) is 2. The van der Waals surface area contributed by atoms with E-state index in [0.29, 0.717) is 30.7 Å². The Balaban J connectivity index is 0.000000287. The highest BCUT2D eigenvalue weighted by atomic mass is 32.2. The van der Waals surface area contributed by atoms with Crippen LogP contribution in [-0.2, 0) is 29.1 Å². The minimum absolute atomic E-state index is 0.0822. The van der Waals surface area contributed by atoms with Crippen molar-refractivity contribution in [2.24, 2.45) is 29.6 Å². The van der Waals surface area contributed by atoms with Gasteiger partial charge in [-0.15, -0.1) is 0 Å². The number of sulfonamides is 1. The zero-order chi connectivity index (χ0) is 34.7. The van der Waals surface area contributed by atoms with Crippen molar-refractivity contribution in [3.63, 3.8) is 0 Å². The second-order valence-electron chi connectivity index (χ2n) is 13.4. The van der Waals surface area contributed by atoms with Crippen LogP contribution in [0.15, 0.2) is 53.0 Å². The highest BCUT2D eigenvalue weighted by Crippen LogP contribution is 2.45. The highest BCUT2D eigenvalue weighted by molar-refractivity contribution is 7.90. The van der Waals surface area contributed by atoms with Gasteiger partial charge in [0.05, 0.1) is 23.3 Å². The van der Waals surface area contributed by atoms with E-state index in [1.165, 1.54) is 17.7 Å². The van der Waals surface area contributed by atoms with Crippen molar-refractivity contribution in [1.29, 1.82) is 0 Å². The van der Waals surface area contributed by atoms with Crippen LogP contribution < -0.4 is 10.0 Å². The molecular weight excluding hydrogens is 620 g/mol. The summed E-state index contributed by atoms with van der Waals surface area (Å²) in [5.41, 5.74) is 2.23. The highest BCUT2D eigenvalue weighted by Gasteiger charge is 2.42. The molecule has 3 N–H and O–H groups in total. The Labute approximate surface area is 280 Å². The molecule has 1 aliphatic heterocycles. The van der Waals surface area contributed by atoms with Gasteiger partial charge >= 0.3 is 18.0 Å². The van der Waals surface area contributed by atoms with Crippen LogP contribution in [-0.4, -0.2) is 56.4 Å². The van der Waals surface area contributed by atoms with Gasteiger partial charge in [-0.25, -0.2) is 17.9 Å².